The van der Waals surface area contributed by atoms with Crippen molar-refractivity contribution >= 4 is 9.84 Å². The Morgan fingerprint density at radius 2 is 1.95 bits per heavy atom. The second-order valence-electron chi connectivity index (χ2n) is 6.13. The molecule has 2 aliphatic heterocycles. The fraction of sp³-hybridized carbons (Fsp3) is 1.00. The molecular weight excluding hydrogens is 260 g/mol. The van der Waals surface area contributed by atoms with Gasteiger partial charge >= 0.3 is 0 Å². The maximum Gasteiger partial charge on any atom is 0.153 e. The van der Waals surface area contributed by atoms with Crippen LogP contribution in [-0.4, -0.2) is 57.0 Å². The summed E-state index contributed by atoms with van der Waals surface area (Å²) in [6, 6.07) is 0.173. The molecule has 4 nitrogen and oxygen atoms in total. The lowest BCUT2D eigenvalue weighted by Crippen LogP contribution is -2.47. The fourth-order valence-electron chi connectivity index (χ4n) is 3.30. The average Bonchev–Trinajstić information content (AvgIpc) is 2.37. The average molecular weight is 288 g/mol. The molecule has 5 heteroatoms. The van der Waals surface area contributed by atoms with Crippen LogP contribution in [0.5, 0.6) is 0 Å². The van der Waals surface area contributed by atoms with Crippen molar-refractivity contribution < 1.29 is 8.42 Å². The fourth-order valence-corrected chi connectivity index (χ4v) is 4.79. The second-order valence-corrected chi connectivity index (χ2v) is 8.36. The highest BCUT2D eigenvalue weighted by molar-refractivity contribution is 7.91. The summed E-state index contributed by atoms with van der Waals surface area (Å²) < 4.78 is 23.1. The van der Waals surface area contributed by atoms with Crippen molar-refractivity contribution in [3.63, 3.8) is 0 Å². The lowest BCUT2D eigenvalue weighted by atomic mass is 9.92. The molecule has 0 amide bonds. The van der Waals surface area contributed by atoms with Gasteiger partial charge in [-0.3, -0.25) is 0 Å². The highest BCUT2D eigenvalue weighted by Gasteiger charge is 2.25. The van der Waals surface area contributed by atoms with Gasteiger partial charge in [0.25, 0.3) is 0 Å². The number of nitrogens with one attached hydrogen (secondary N) is 1. The number of hydrogen-bond acceptors (Lipinski definition) is 4. The largest absolute Gasteiger partial charge is 0.312 e. The molecule has 2 rings (SSSR count). The molecule has 0 aliphatic carbocycles. The molecular formula is C14H28N2O2S. The van der Waals surface area contributed by atoms with E-state index in [-0.39, 0.29) is 6.04 Å². The van der Waals surface area contributed by atoms with Crippen molar-refractivity contribution in [2.24, 2.45) is 5.92 Å². The summed E-state index contributed by atoms with van der Waals surface area (Å²) in [6.07, 6.45) is 6.29. The monoisotopic (exact) mass is 288 g/mol. The summed E-state index contributed by atoms with van der Waals surface area (Å²) in [6.45, 7) is 6.34. The van der Waals surface area contributed by atoms with E-state index in [2.05, 4.69) is 17.1 Å². The number of piperidine rings is 1. The normalized spacial score (nSPS) is 29.4. The van der Waals surface area contributed by atoms with Crippen LogP contribution in [0.1, 0.15) is 39.0 Å². The summed E-state index contributed by atoms with van der Waals surface area (Å²) >= 11 is 0. The van der Waals surface area contributed by atoms with Crippen molar-refractivity contribution in [1.29, 1.82) is 0 Å². The van der Waals surface area contributed by atoms with Crippen molar-refractivity contribution in [1.82, 2.24) is 10.2 Å². The number of hydrogen-bond donors (Lipinski definition) is 1. The van der Waals surface area contributed by atoms with Gasteiger partial charge in [0.05, 0.1) is 11.5 Å². The molecule has 0 radical (unpaired) electrons. The predicted molar refractivity (Wildman–Crippen MR) is 79.1 cm³/mol. The Balaban J connectivity index is 1.66. The van der Waals surface area contributed by atoms with Crippen LogP contribution in [0.25, 0.3) is 0 Å². The van der Waals surface area contributed by atoms with Gasteiger partial charge in [-0.2, -0.15) is 0 Å². The van der Waals surface area contributed by atoms with Crippen LogP contribution < -0.4 is 5.32 Å². The molecule has 1 N–H and O–H groups in total. The third-order valence-electron chi connectivity index (χ3n) is 4.50. The molecule has 1 atom stereocenters. The molecule has 112 valence electrons. The maximum atomic E-state index is 11.6. The van der Waals surface area contributed by atoms with Crippen LogP contribution in [0, 0.1) is 5.92 Å². The molecule has 2 saturated heterocycles. The maximum absolute atomic E-state index is 11.6. The van der Waals surface area contributed by atoms with Crippen LogP contribution >= 0.6 is 0 Å². The lowest BCUT2D eigenvalue weighted by Gasteiger charge is -2.33. The predicted octanol–water partition coefficient (Wildman–Crippen LogP) is 1.28. The minimum absolute atomic E-state index is 0.173. The molecule has 19 heavy (non-hydrogen) atoms. The van der Waals surface area contributed by atoms with E-state index in [4.69, 9.17) is 0 Å². The molecule has 2 fully saturated rings. The molecule has 0 bridgehead atoms. The zero-order valence-electron chi connectivity index (χ0n) is 12.1. The van der Waals surface area contributed by atoms with Crippen molar-refractivity contribution in [2.45, 2.75) is 45.1 Å². The Morgan fingerprint density at radius 1 is 1.21 bits per heavy atom. The summed E-state index contributed by atoms with van der Waals surface area (Å²) in [5.74, 6) is 1.57. The quantitative estimate of drug-likeness (QED) is 0.828. The molecule has 1 unspecified atom stereocenters. The SMILES string of the molecule is CCCC1CCN(CCC2CS(=O)(=O)CCN2)CC1. The van der Waals surface area contributed by atoms with E-state index in [1.165, 1.54) is 38.8 Å². The highest BCUT2D eigenvalue weighted by Crippen LogP contribution is 2.21. The highest BCUT2D eigenvalue weighted by atomic mass is 32.2. The van der Waals surface area contributed by atoms with Gasteiger partial charge in [0.2, 0.25) is 0 Å². The third kappa shape index (κ3) is 5.04. The Morgan fingerprint density at radius 3 is 2.58 bits per heavy atom. The van der Waals surface area contributed by atoms with E-state index in [0.29, 0.717) is 18.1 Å². The third-order valence-corrected chi connectivity index (χ3v) is 6.24. The topological polar surface area (TPSA) is 49.4 Å². The zero-order chi connectivity index (χ0) is 13.7. The minimum atomic E-state index is -2.78. The number of likely N-dealkylation sites (tertiary alicyclic amines) is 1. The standard InChI is InChI=1S/C14H28N2O2S/c1-2-3-13-4-8-16(9-5-13)10-6-14-12-19(17,18)11-7-15-14/h13-15H,2-12H2,1H3. The van der Waals surface area contributed by atoms with Gasteiger partial charge in [0.1, 0.15) is 0 Å². The summed E-state index contributed by atoms with van der Waals surface area (Å²) in [5, 5.41) is 3.34. The van der Waals surface area contributed by atoms with Crippen LogP contribution in [0.2, 0.25) is 0 Å². The van der Waals surface area contributed by atoms with Crippen molar-refractivity contribution in [2.75, 3.05) is 37.7 Å². The van der Waals surface area contributed by atoms with Crippen molar-refractivity contribution in [3.05, 3.63) is 0 Å². The first kappa shape index (κ1) is 15.3. The van der Waals surface area contributed by atoms with E-state index in [1.807, 2.05) is 0 Å². The Bertz CT molecular complexity index is 362. The lowest BCUT2D eigenvalue weighted by molar-refractivity contribution is 0.172. The van der Waals surface area contributed by atoms with E-state index >= 15 is 0 Å². The molecule has 2 aliphatic rings. The molecule has 0 aromatic rings. The van der Waals surface area contributed by atoms with Gasteiger partial charge in [-0.05, 0) is 44.8 Å². The van der Waals surface area contributed by atoms with Gasteiger partial charge in [-0.15, -0.1) is 0 Å². The van der Waals surface area contributed by atoms with E-state index in [0.717, 1.165) is 18.9 Å². The first-order chi connectivity index (χ1) is 9.09. The van der Waals surface area contributed by atoms with Gasteiger partial charge in [-0.25, -0.2) is 8.42 Å². The minimum Gasteiger partial charge on any atom is -0.312 e. The van der Waals surface area contributed by atoms with E-state index in [1.54, 1.807) is 0 Å². The summed E-state index contributed by atoms with van der Waals surface area (Å²) in [5.41, 5.74) is 0. The summed E-state index contributed by atoms with van der Waals surface area (Å²) in [4.78, 5) is 2.51. The van der Waals surface area contributed by atoms with Gasteiger partial charge in [-0.1, -0.05) is 19.8 Å². The van der Waals surface area contributed by atoms with Gasteiger partial charge in [0, 0.05) is 12.6 Å². The van der Waals surface area contributed by atoms with Gasteiger partial charge in [0.15, 0.2) is 9.84 Å². The molecule has 0 aromatic carbocycles. The van der Waals surface area contributed by atoms with Crippen LogP contribution in [0.3, 0.4) is 0 Å². The zero-order valence-corrected chi connectivity index (χ0v) is 12.9. The van der Waals surface area contributed by atoms with Crippen LogP contribution in [0.4, 0.5) is 0 Å². The Kier molecular flexibility index (Phi) is 5.66. The number of rotatable bonds is 5. The van der Waals surface area contributed by atoms with Crippen LogP contribution in [-0.2, 0) is 9.84 Å². The molecule has 0 aromatic heterocycles. The van der Waals surface area contributed by atoms with Crippen LogP contribution in [0.15, 0.2) is 0 Å². The number of sulfone groups is 1. The van der Waals surface area contributed by atoms with Crippen molar-refractivity contribution in [3.8, 4) is 0 Å². The first-order valence-corrected chi connectivity index (χ1v) is 9.57. The van der Waals surface area contributed by atoms with Gasteiger partial charge < -0.3 is 10.2 Å². The van der Waals surface area contributed by atoms with E-state index in [9.17, 15) is 8.42 Å². The number of nitrogens with zero attached hydrogens (tertiary/aromatic N) is 1. The summed E-state index contributed by atoms with van der Waals surface area (Å²) in [7, 11) is -2.78. The Labute approximate surface area is 117 Å². The van der Waals surface area contributed by atoms with E-state index < -0.39 is 9.84 Å². The molecule has 2 heterocycles. The first-order valence-electron chi connectivity index (χ1n) is 7.75. The molecule has 0 saturated carbocycles. The smallest absolute Gasteiger partial charge is 0.153 e. The second kappa shape index (κ2) is 7.04. The Hall–Kier alpha value is -0.130. The molecule has 0 spiro atoms.